The minimum Gasteiger partial charge on any atom is -0.378 e. The smallest absolute Gasteiger partial charge is 0.313 e. The average Bonchev–Trinajstić information content (AvgIpc) is 2.75. The predicted octanol–water partition coefficient (Wildman–Crippen LogP) is 0.513. The number of rotatable bonds is 2. The van der Waals surface area contributed by atoms with Crippen molar-refractivity contribution in [2.75, 3.05) is 50.5 Å². The highest BCUT2D eigenvalue weighted by Crippen LogP contribution is 2.17. The summed E-state index contributed by atoms with van der Waals surface area (Å²) in [6.07, 6.45) is 0.870. The lowest BCUT2D eigenvalue weighted by Gasteiger charge is -2.19. The standard InChI is InChI=1S/C15H22N4O2/c1-18(2)13-6-3-5-12(11-13)17-14(20)15(21)19-9-4-7-16-8-10-19/h3,5-6,11,16H,4,7-10H2,1-2H3,(H,17,20). The minimum absolute atomic E-state index is 0.464. The Hall–Kier alpha value is -2.08. The van der Waals surface area contributed by atoms with Crippen molar-refractivity contribution in [1.82, 2.24) is 10.2 Å². The van der Waals surface area contributed by atoms with E-state index in [4.69, 9.17) is 0 Å². The summed E-state index contributed by atoms with van der Waals surface area (Å²) >= 11 is 0. The number of amides is 2. The van der Waals surface area contributed by atoms with E-state index in [-0.39, 0.29) is 0 Å². The van der Waals surface area contributed by atoms with Crippen molar-refractivity contribution >= 4 is 23.2 Å². The fraction of sp³-hybridized carbons (Fsp3) is 0.467. The summed E-state index contributed by atoms with van der Waals surface area (Å²) in [6, 6.07) is 7.42. The summed E-state index contributed by atoms with van der Waals surface area (Å²) in [5.41, 5.74) is 1.60. The molecule has 0 saturated carbocycles. The van der Waals surface area contributed by atoms with Crippen LogP contribution in [0.15, 0.2) is 24.3 Å². The van der Waals surface area contributed by atoms with E-state index < -0.39 is 11.8 Å². The van der Waals surface area contributed by atoms with E-state index in [0.29, 0.717) is 18.8 Å². The van der Waals surface area contributed by atoms with Crippen LogP contribution in [-0.4, -0.2) is 57.0 Å². The Bertz CT molecular complexity index is 508. The fourth-order valence-electron chi connectivity index (χ4n) is 2.24. The van der Waals surface area contributed by atoms with E-state index in [0.717, 1.165) is 25.2 Å². The summed E-state index contributed by atoms with van der Waals surface area (Å²) < 4.78 is 0. The van der Waals surface area contributed by atoms with Gasteiger partial charge in [0, 0.05) is 45.1 Å². The maximum atomic E-state index is 12.1. The minimum atomic E-state index is -0.576. The monoisotopic (exact) mass is 290 g/mol. The molecule has 1 saturated heterocycles. The molecule has 1 fully saturated rings. The first-order chi connectivity index (χ1) is 10.1. The molecule has 6 nitrogen and oxygen atoms in total. The predicted molar refractivity (Wildman–Crippen MR) is 83.5 cm³/mol. The molecular weight excluding hydrogens is 268 g/mol. The molecule has 1 heterocycles. The van der Waals surface area contributed by atoms with E-state index in [1.807, 2.05) is 37.2 Å². The zero-order valence-electron chi connectivity index (χ0n) is 12.6. The number of nitrogens with one attached hydrogen (secondary N) is 2. The Balaban J connectivity index is 2.00. The molecule has 0 aliphatic carbocycles. The van der Waals surface area contributed by atoms with Gasteiger partial charge in [-0.3, -0.25) is 9.59 Å². The van der Waals surface area contributed by atoms with E-state index in [9.17, 15) is 9.59 Å². The molecule has 0 aromatic heterocycles. The number of carbonyl (C=O) groups is 2. The second kappa shape index (κ2) is 7.08. The second-order valence-electron chi connectivity index (χ2n) is 5.29. The Labute approximate surface area is 125 Å². The lowest BCUT2D eigenvalue weighted by molar-refractivity contribution is -0.143. The number of nitrogens with zero attached hydrogens (tertiary/aromatic N) is 2. The van der Waals surface area contributed by atoms with Crippen LogP contribution in [0.1, 0.15) is 6.42 Å². The van der Waals surface area contributed by atoms with Gasteiger partial charge < -0.3 is 20.4 Å². The van der Waals surface area contributed by atoms with Crippen molar-refractivity contribution in [3.05, 3.63) is 24.3 Å². The molecule has 0 radical (unpaired) electrons. The highest BCUT2D eigenvalue weighted by atomic mass is 16.2. The Morgan fingerprint density at radius 2 is 2.05 bits per heavy atom. The highest BCUT2D eigenvalue weighted by molar-refractivity contribution is 6.39. The molecule has 0 spiro atoms. The maximum absolute atomic E-state index is 12.1. The van der Waals surface area contributed by atoms with Crippen LogP contribution in [0.25, 0.3) is 0 Å². The molecule has 1 aliphatic rings. The van der Waals surface area contributed by atoms with Crippen LogP contribution in [0.3, 0.4) is 0 Å². The molecule has 1 aromatic rings. The second-order valence-corrected chi connectivity index (χ2v) is 5.29. The van der Waals surface area contributed by atoms with E-state index in [1.54, 1.807) is 11.0 Å². The first-order valence-electron chi connectivity index (χ1n) is 7.16. The van der Waals surface area contributed by atoms with Crippen molar-refractivity contribution in [3.63, 3.8) is 0 Å². The van der Waals surface area contributed by atoms with Gasteiger partial charge in [0.25, 0.3) is 0 Å². The quantitative estimate of drug-likeness (QED) is 0.779. The van der Waals surface area contributed by atoms with Gasteiger partial charge >= 0.3 is 11.8 Å². The molecular formula is C15H22N4O2. The van der Waals surface area contributed by atoms with E-state index in [1.165, 1.54) is 0 Å². The van der Waals surface area contributed by atoms with E-state index in [2.05, 4.69) is 10.6 Å². The van der Waals surface area contributed by atoms with Crippen molar-refractivity contribution in [2.24, 2.45) is 0 Å². The zero-order valence-corrected chi connectivity index (χ0v) is 12.6. The Kier molecular flexibility index (Phi) is 5.16. The average molecular weight is 290 g/mol. The van der Waals surface area contributed by atoms with Crippen molar-refractivity contribution in [2.45, 2.75) is 6.42 Å². The van der Waals surface area contributed by atoms with Gasteiger partial charge in [-0.2, -0.15) is 0 Å². The van der Waals surface area contributed by atoms with Crippen LogP contribution in [0.4, 0.5) is 11.4 Å². The highest BCUT2D eigenvalue weighted by Gasteiger charge is 2.22. The lowest BCUT2D eigenvalue weighted by atomic mass is 10.2. The third-order valence-corrected chi connectivity index (χ3v) is 3.44. The maximum Gasteiger partial charge on any atom is 0.313 e. The third-order valence-electron chi connectivity index (χ3n) is 3.44. The Morgan fingerprint density at radius 3 is 2.81 bits per heavy atom. The van der Waals surface area contributed by atoms with Crippen molar-refractivity contribution in [1.29, 1.82) is 0 Å². The largest absolute Gasteiger partial charge is 0.378 e. The normalized spacial score (nSPS) is 15.2. The van der Waals surface area contributed by atoms with Gasteiger partial charge in [-0.05, 0) is 31.2 Å². The van der Waals surface area contributed by atoms with Crippen LogP contribution in [0.2, 0.25) is 0 Å². The molecule has 2 amide bonds. The first-order valence-corrected chi connectivity index (χ1v) is 7.16. The number of hydrogen-bond donors (Lipinski definition) is 2. The molecule has 2 rings (SSSR count). The van der Waals surface area contributed by atoms with Crippen LogP contribution < -0.4 is 15.5 Å². The SMILES string of the molecule is CN(C)c1cccc(NC(=O)C(=O)N2CCCNCC2)c1. The van der Waals surface area contributed by atoms with Crippen molar-refractivity contribution in [3.8, 4) is 0 Å². The van der Waals surface area contributed by atoms with Crippen LogP contribution in [0, 0.1) is 0 Å². The van der Waals surface area contributed by atoms with Gasteiger partial charge in [0.1, 0.15) is 0 Å². The summed E-state index contributed by atoms with van der Waals surface area (Å²) in [5.74, 6) is -1.04. The molecule has 114 valence electrons. The van der Waals surface area contributed by atoms with Gasteiger partial charge in [0.15, 0.2) is 0 Å². The zero-order chi connectivity index (χ0) is 15.2. The van der Waals surface area contributed by atoms with Gasteiger partial charge in [-0.15, -0.1) is 0 Å². The van der Waals surface area contributed by atoms with Gasteiger partial charge in [-0.25, -0.2) is 0 Å². The molecule has 1 aliphatic heterocycles. The van der Waals surface area contributed by atoms with Crippen LogP contribution in [-0.2, 0) is 9.59 Å². The number of hydrogen-bond acceptors (Lipinski definition) is 4. The molecule has 0 atom stereocenters. The molecule has 2 N–H and O–H groups in total. The fourth-order valence-corrected chi connectivity index (χ4v) is 2.24. The molecule has 21 heavy (non-hydrogen) atoms. The summed E-state index contributed by atoms with van der Waals surface area (Å²) in [4.78, 5) is 27.8. The topological polar surface area (TPSA) is 64.7 Å². The summed E-state index contributed by atoms with van der Waals surface area (Å²) in [5, 5.41) is 5.89. The number of benzene rings is 1. The van der Waals surface area contributed by atoms with Gasteiger partial charge in [0.2, 0.25) is 0 Å². The summed E-state index contributed by atoms with van der Waals surface area (Å²) in [7, 11) is 3.85. The molecule has 0 unspecified atom stereocenters. The van der Waals surface area contributed by atoms with Gasteiger partial charge in [0.05, 0.1) is 0 Å². The van der Waals surface area contributed by atoms with Crippen molar-refractivity contribution < 1.29 is 9.59 Å². The Morgan fingerprint density at radius 1 is 1.24 bits per heavy atom. The number of carbonyl (C=O) groups excluding carboxylic acids is 2. The van der Waals surface area contributed by atoms with E-state index >= 15 is 0 Å². The lowest BCUT2D eigenvalue weighted by Crippen LogP contribution is -2.41. The van der Waals surface area contributed by atoms with Crippen LogP contribution >= 0.6 is 0 Å². The molecule has 6 heteroatoms. The summed E-state index contributed by atoms with van der Waals surface area (Å²) in [6.45, 7) is 2.81. The number of anilines is 2. The third kappa shape index (κ3) is 4.19. The van der Waals surface area contributed by atoms with Gasteiger partial charge in [-0.1, -0.05) is 6.07 Å². The van der Waals surface area contributed by atoms with Crippen LogP contribution in [0.5, 0.6) is 0 Å². The molecule has 1 aromatic carbocycles. The molecule has 0 bridgehead atoms. The first kappa shape index (κ1) is 15.3.